The van der Waals surface area contributed by atoms with Gasteiger partial charge in [-0.05, 0) is 70.0 Å². The molecule has 2 aliphatic rings. The second kappa shape index (κ2) is 12.5. The van der Waals surface area contributed by atoms with Gasteiger partial charge >= 0.3 is 6.09 Å². The average Bonchev–Trinajstić information content (AvgIpc) is 2.87. The fourth-order valence-electron chi connectivity index (χ4n) is 4.73. The smallest absolute Gasteiger partial charge is 0.410 e. The van der Waals surface area contributed by atoms with Crippen molar-refractivity contribution in [2.24, 2.45) is 5.92 Å². The molecule has 0 bridgehead atoms. The Bertz CT molecular complexity index is 1170. The van der Waals surface area contributed by atoms with Crippen LogP contribution in [0.2, 0.25) is 10.0 Å². The second-order valence-corrected chi connectivity index (χ2v) is 12.5. The summed E-state index contributed by atoms with van der Waals surface area (Å²) in [4.78, 5) is 31.6. The number of hydrogen-bond acceptors (Lipinski definition) is 5. The van der Waals surface area contributed by atoms with E-state index in [4.69, 9.17) is 32.7 Å². The van der Waals surface area contributed by atoms with E-state index in [1.165, 1.54) is 0 Å². The zero-order chi connectivity index (χ0) is 27.4. The summed E-state index contributed by atoms with van der Waals surface area (Å²) < 4.78 is 12.3. The van der Waals surface area contributed by atoms with E-state index in [0.717, 1.165) is 42.5 Å². The van der Waals surface area contributed by atoms with E-state index < -0.39 is 5.60 Å². The molecule has 2 fully saturated rings. The lowest BCUT2D eigenvalue weighted by Gasteiger charge is -2.39. The van der Waals surface area contributed by atoms with Crippen LogP contribution < -0.4 is 4.74 Å². The minimum atomic E-state index is -0.525. The minimum Gasteiger partial charge on any atom is -0.457 e. The molecule has 2 saturated heterocycles. The number of hydrogen-bond donors (Lipinski definition) is 0. The fraction of sp³-hybridized carbons (Fsp3) is 0.500. The molecule has 2 aromatic rings. The summed E-state index contributed by atoms with van der Waals surface area (Å²) in [7, 11) is 0. The Morgan fingerprint density at radius 2 is 1.61 bits per heavy atom. The Labute approximate surface area is 243 Å². The first-order valence-electron chi connectivity index (χ1n) is 12.9. The van der Waals surface area contributed by atoms with Crippen LogP contribution in [0.1, 0.15) is 39.2 Å². The highest BCUT2D eigenvalue weighted by atomic mass is 79.9. The predicted octanol–water partition coefficient (Wildman–Crippen LogP) is 6.84. The molecule has 0 spiro atoms. The SMILES string of the molecule is CC(C)(C)OC(=O)N1CCN(C(=O)C2CCCN(Cc3ccc(Oc4ccc(Cl)c(Cl)c4)cc3Br)C2)CC1. The molecule has 1 atom stereocenters. The van der Waals surface area contributed by atoms with Crippen LogP contribution in [0, 0.1) is 5.92 Å². The van der Waals surface area contributed by atoms with Crippen molar-refractivity contribution in [2.45, 2.75) is 45.8 Å². The van der Waals surface area contributed by atoms with E-state index >= 15 is 0 Å². The summed E-state index contributed by atoms with van der Waals surface area (Å²) in [5, 5.41) is 0.927. The Morgan fingerprint density at radius 1 is 0.947 bits per heavy atom. The second-order valence-electron chi connectivity index (χ2n) is 10.8. The van der Waals surface area contributed by atoms with Gasteiger partial charge in [-0.25, -0.2) is 4.79 Å². The number of ether oxygens (including phenoxy) is 2. The normalized spacial score (nSPS) is 18.8. The molecule has 7 nitrogen and oxygen atoms in total. The number of carbonyl (C=O) groups is 2. The number of piperazine rings is 1. The van der Waals surface area contributed by atoms with Crippen LogP contribution in [0.5, 0.6) is 11.5 Å². The van der Waals surface area contributed by atoms with Gasteiger partial charge in [-0.15, -0.1) is 0 Å². The maximum Gasteiger partial charge on any atom is 0.410 e. The number of piperidine rings is 1. The summed E-state index contributed by atoms with van der Waals surface area (Å²) in [5.41, 5.74) is 0.605. The van der Waals surface area contributed by atoms with Gasteiger partial charge in [0.1, 0.15) is 17.1 Å². The molecule has 1 unspecified atom stereocenters. The molecular formula is C28H34BrCl2N3O4. The largest absolute Gasteiger partial charge is 0.457 e. The van der Waals surface area contributed by atoms with Crippen LogP contribution in [0.15, 0.2) is 40.9 Å². The van der Waals surface area contributed by atoms with E-state index in [1.807, 2.05) is 43.9 Å². The van der Waals surface area contributed by atoms with E-state index in [-0.39, 0.29) is 17.9 Å². The van der Waals surface area contributed by atoms with Crippen molar-refractivity contribution < 1.29 is 19.1 Å². The summed E-state index contributed by atoms with van der Waals surface area (Å²) in [6.07, 6.45) is 1.55. The molecule has 2 aromatic carbocycles. The van der Waals surface area contributed by atoms with Gasteiger partial charge in [0.2, 0.25) is 5.91 Å². The summed E-state index contributed by atoms with van der Waals surface area (Å²) >= 11 is 15.8. The van der Waals surface area contributed by atoms with Gasteiger partial charge < -0.3 is 19.3 Å². The van der Waals surface area contributed by atoms with Crippen LogP contribution in [-0.4, -0.2) is 71.6 Å². The van der Waals surface area contributed by atoms with Gasteiger partial charge in [-0.3, -0.25) is 9.69 Å². The van der Waals surface area contributed by atoms with Crippen LogP contribution in [0.4, 0.5) is 4.79 Å². The van der Waals surface area contributed by atoms with Gasteiger partial charge in [-0.2, -0.15) is 0 Å². The van der Waals surface area contributed by atoms with Crippen molar-refractivity contribution >= 4 is 51.1 Å². The number of amides is 2. The maximum absolute atomic E-state index is 13.3. The molecule has 0 saturated carbocycles. The van der Waals surface area contributed by atoms with Crippen LogP contribution in [-0.2, 0) is 16.1 Å². The number of halogens is 3. The van der Waals surface area contributed by atoms with Crippen LogP contribution in [0.25, 0.3) is 0 Å². The third-order valence-electron chi connectivity index (χ3n) is 6.64. The molecule has 0 aliphatic carbocycles. The van der Waals surface area contributed by atoms with Crippen molar-refractivity contribution in [3.63, 3.8) is 0 Å². The Kier molecular flexibility index (Phi) is 9.50. The van der Waals surface area contributed by atoms with E-state index in [9.17, 15) is 9.59 Å². The molecular weight excluding hydrogens is 593 g/mol. The highest BCUT2D eigenvalue weighted by Crippen LogP contribution is 2.32. The maximum atomic E-state index is 13.3. The first-order valence-corrected chi connectivity index (χ1v) is 14.4. The van der Waals surface area contributed by atoms with Gasteiger partial charge in [0.25, 0.3) is 0 Å². The zero-order valence-corrected chi connectivity index (χ0v) is 25.1. The van der Waals surface area contributed by atoms with Crippen LogP contribution >= 0.6 is 39.1 Å². The molecule has 2 aliphatic heterocycles. The fourth-order valence-corrected chi connectivity index (χ4v) is 5.50. The first kappa shape index (κ1) is 29.0. The zero-order valence-electron chi connectivity index (χ0n) is 22.0. The topological polar surface area (TPSA) is 62.3 Å². The number of carbonyl (C=O) groups excluding carboxylic acids is 2. The number of benzene rings is 2. The molecule has 206 valence electrons. The molecule has 2 amide bonds. The van der Waals surface area contributed by atoms with Crippen molar-refractivity contribution in [1.29, 1.82) is 0 Å². The average molecular weight is 627 g/mol. The highest BCUT2D eigenvalue weighted by molar-refractivity contribution is 9.10. The van der Waals surface area contributed by atoms with Crippen molar-refractivity contribution in [3.05, 3.63) is 56.5 Å². The highest BCUT2D eigenvalue weighted by Gasteiger charge is 2.33. The molecule has 2 heterocycles. The van der Waals surface area contributed by atoms with E-state index in [0.29, 0.717) is 47.7 Å². The molecule has 4 rings (SSSR count). The summed E-state index contributed by atoms with van der Waals surface area (Å²) in [6.45, 7) is 10.1. The molecule has 0 radical (unpaired) electrons. The van der Waals surface area contributed by atoms with E-state index in [2.05, 4.69) is 20.8 Å². The van der Waals surface area contributed by atoms with Gasteiger partial charge in [-0.1, -0.05) is 45.2 Å². The number of rotatable bonds is 5. The third-order valence-corrected chi connectivity index (χ3v) is 8.12. The first-order chi connectivity index (χ1) is 18.0. The third kappa shape index (κ3) is 7.78. The van der Waals surface area contributed by atoms with Gasteiger partial charge in [0.15, 0.2) is 0 Å². The van der Waals surface area contributed by atoms with Crippen LogP contribution in [0.3, 0.4) is 0 Å². The van der Waals surface area contributed by atoms with Crippen molar-refractivity contribution in [1.82, 2.24) is 14.7 Å². The molecule has 38 heavy (non-hydrogen) atoms. The molecule has 0 aromatic heterocycles. The molecule has 10 heteroatoms. The van der Waals surface area contributed by atoms with Gasteiger partial charge in [0.05, 0.1) is 16.0 Å². The lowest BCUT2D eigenvalue weighted by atomic mass is 9.95. The molecule has 0 N–H and O–H groups in total. The minimum absolute atomic E-state index is 0.0344. The monoisotopic (exact) mass is 625 g/mol. The van der Waals surface area contributed by atoms with Gasteiger partial charge in [0, 0.05) is 49.8 Å². The summed E-state index contributed by atoms with van der Waals surface area (Å²) in [6, 6.07) is 11.1. The number of likely N-dealkylation sites (tertiary alicyclic amines) is 1. The Balaban J connectivity index is 1.29. The van der Waals surface area contributed by atoms with Crippen molar-refractivity contribution in [3.8, 4) is 11.5 Å². The standard InChI is InChI=1S/C28H34BrCl2N3O4/c1-28(2,3)38-27(36)34-13-11-33(12-14-34)26(35)20-5-4-10-32(18-20)17-19-6-7-21(15-23(19)29)37-22-8-9-24(30)25(31)16-22/h6-9,15-16,20H,4-5,10-14,17-18H2,1-3H3. The number of nitrogens with zero attached hydrogens (tertiary/aromatic N) is 3. The quantitative estimate of drug-likeness (QED) is 0.364. The van der Waals surface area contributed by atoms with E-state index in [1.54, 1.807) is 23.1 Å². The summed E-state index contributed by atoms with van der Waals surface area (Å²) in [5.74, 6) is 1.45. The lowest BCUT2D eigenvalue weighted by Crippen LogP contribution is -2.54. The predicted molar refractivity (Wildman–Crippen MR) is 153 cm³/mol. The Hall–Kier alpha value is -2.00. The Morgan fingerprint density at radius 3 is 2.26 bits per heavy atom. The lowest BCUT2D eigenvalue weighted by molar-refractivity contribution is -0.139. The van der Waals surface area contributed by atoms with Crippen molar-refractivity contribution in [2.75, 3.05) is 39.3 Å².